The summed E-state index contributed by atoms with van der Waals surface area (Å²) in [5.74, 6) is -0.164. The Morgan fingerprint density at radius 3 is 2.11 bits per heavy atom. The average Bonchev–Trinajstić information content (AvgIpc) is 2.25. The zero-order valence-corrected chi connectivity index (χ0v) is 10.7. The molecule has 0 saturated carbocycles. The van der Waals surface area contributed by atoms with Gasteiger partial charge < -0.3 is 5.11 Å². The van der Waals surface area contributed by atoms with Gasteiger partial charge in [-0.1, -0.05) is 0 Å². The van der Waals surface area contributed by atoms with Crippen LogP contribution in [-0.4, -0.2) is 74.0 Å². The molecule has 1 aliphatic heterocycles. The summed E-state index contributed by atoms with van der Waals surface area (Å²) in [6.45, 7) is -0.909. The second kappa shape index (κ2) is 6.18. The maximum atomic E-state index is 12.1. The van der Waals surface area contributed by atoms with E-state index >= 15 is 0 Å². The van der Waals surface area contributed by atoms with Crippen LogP contribution in [-0.2, 0) is 10.0 Å². The normalized spacial score (nSPS) is 20.2. The molecule has 0 unspecified atom stereocenters. The largest absolute Gasteiger partial charge is 0.401 e. The lowest BCUT2D eigenvalue weighted by Gasteiger charge is -2.34. The fraction of sp³-hybridized carbons (Fsp3) is 1.00. The minimum atomic E-state index is -4.25. The Hall–Kier alpha value is -0.380. The number of nitrogens with zero attached hydrogens (tertiary/aromatic N) is 2. The molecule has 9 heteroatoms. The third-order valence-corrected chi connectivity index (χ3v) is 4.64. The topological polar surface area (TPSA) is 60.9 Å². The smallest absolute Gasteiger partial charge is 0.396 e. The Morgan fingerprint density at radius 2 is 1.67 bits per heavy atom. The van der Waals surface area contributed by atoms with Crippen molar-refractivity contribution >= 4 is 10.0 Å². The number of hydrogen-bond donors (Lipinski definition) is 1. The van der Waals surface area contributed by atoms with E-state index in [1.165, 1.54) is 9.21 Å². The first-order chi connectivity index (χ1) is 8.24. The van der Waals surface area contributed by atoms with E-state index in [0.29, 0.717) is 0 Å². The van der Waals surface area contributed by atoms with Crippen molar-refractivity contribution in [2.75, 3.05) is 45.1 Å². The van der Waals surface area contributed by atoms with Gasteiger partial charge in [0.05, 0.1) is 12.3 Å². The van der Waals surface area contributed by atoms with Crippen LogP contribution in [0.5, 0.6) is 0 Å². The van der Waals surface area contributed by atoms with E-state index < -0.39 is 22.7 Å². The molecule has 1 saturated heterocycles. The quantitative estimate of drug-likeness (QED) is 0.767. The fourth-order valence-electron chi connectivity index (χ4n) is 1.80. The molecule has 5 nitrogen and oxygen atoms in total. The number of piperazine rings is 1. The van der Waals surface area contributed by atoms with Crippen LogP contribution in [0, 0.1) is 0 Å². The van der Waals surface area contributed by atoms with Gasteiger partial charge in [0.25, 0.3) is 0 Å². The van der Waals surface area contributed by atoms with Gasteiger partial charge in [-0.2, -0.15) is 17.5 Å². The summed E-state index contributed by atoms with van der Waals surface area (Å²) in [7, 11) is -3.45. The van der Waals surface area contributed by atoms with Gasteiger partial charge in [-0.25, -0.2) is 8.42 Å². The highest BCUT2D eigenvalue weighted by molar-refractivity contribution is 7.89. The van der Waals surface area contributed by atoms with Crippen molar-refractivity contribution in [2.24, 2.45) is 0 Å². The molecule has 1 fully saturated rings. The Bertz CT molecular complexity index is 351. The van der Waals surface area contributed by atoms with Gasteiger partial charge in [0.2, 0.25) is 10.0 Å². The number of sulfonamides is 1. The third kappa shape index (κ3) is 5.09. The van der Waals surface area contributed by atoms with Crippen LogP contribution in [0.1, 0.15) is 6.42 Å². The van der Waals surface area contributed by atoms with Crippen LogP contribution in [0.2, 0.25) is 0 Å². The molecule has 1 aliphatic rings. The Kier molecular flexibility index (Phi) is 5.38. The standard InChI is InChI=1S/C9H17F3N2O3S/c10-9(11,12)8-13-2-4-14(5-3-13)18(16,17)7-1-6-15/h15H,1-8H2. The molecule has 1 heterocycles. The first-order valence-corrected chi connectivity index (χ1v) is 7.23. The number of hydrogen-bond acceptors (Lipinski definition) is 4. The van der Waals surface area contributed by atoms with Crippen molar-refractivity contribution in [1.29, 1.82) is 0 Å². The predicted octanol–water partition coefficient (Wildman–Crippen LogP) is -0.122. The second-order valence-electron chi connectivity index (χ2n) is 4.18. The van der Waals surface area contributed by atoms with Crippen molar-refractivity contribution in [3.8, 4) is 0 Å². The van der Waals surface area contributed by atoms with Crippen molar-refractivity contribution in [1.82, 2.24) is 9.21 Å². The van der Waals surface area contributed by atoms with E-state index in [4.69, 9.17) is 5.11 Å². The SMILES string of the molecule is O=S(=O)(CCCO)N1CCN(CC(F)(F)F)CC1. The summed E-state index contributed by atoms with van der Waals surface area (Å²) in [6.07, 6.45) is -4.11. The van der Waals surface area contributed by atoms with Crippen LogP contribution < -0.4 is 0 Å². The maximum absolute atomic E-state index is 12.1. The van der Waals surface area contributed by atoms with Gasteiger partial charge in [0, 0.05) is 32.8 Å². The summed E-state index contributed by atoms with van der Waals surface area (Å²) in [6, 6.07) is 0. The number of aliphatic hydroxyl groups is 1. The molecule has 0 aromatic heterocycles. The molecule has 0 aromatic carbocycles. The van der Waals surface area contributed by atoms with E-state index in [-0.39, 0.29) is 45.0 Å². The zero-order chi connectivity index (χ0) is 13.8. The Labute approximate surface area is 104 Å². The van der Waals surface area contributed by atoms with E-state index in [1.807, 2.05) is 0 Å². The third-order valence-electron chi connectivity index (χ3n) is 2.69. The van der Waals surface area contributed by atoms with Gasteiger partial charge in [-0.3, -0.25) is 4.90 Å². The molecular formula is C9H17F3N2O3S. The Morgan fingerprint density at radius 1 is 1.11 bits per heavy atom. The van der Waals surface area contributed by atoms with Crippen LogP contribution >= 0.6 is 0 Å². The summed E-state index contributed by atoms with van der Waals surface area (Å²) in [4.78, 5) is 1.19. The minimum absolute atomic E-state index is 0.0733. The molecule has 0 radical (unpaired) electrons. The van der Waals surface area contributed by atoms with Gasteiger partial charge in [0.1, 0.15) is 0 Å². The van der Waals surface area contributed by atoms with Gasteiger partial charge in [-0.15, -0.1) is 0 Å². The maximum Gasteiger partial charge on any atom is 0.401 e. The molecular weight excluding hydrogens is 273 g/mol. The molecule has 1 N–H and O–H groups in total. The number of aliphatic hydroxyl groups excluding tert-OH is 1. The van der Waals surface area contributed by atoms with E-state index in [9.17, 15) is 21.6 Å². The fourth-order valence-corrected chi connectivity index (χ4v) is 3.27. The van der Waals surface area contributed by atoms with E-state index in [1.54, 1.807) is 0 Å². The first-order valence-electron chi connectivity index (χ1n) is 5.62. The first kappa shape index (κ1) is 15.7. The van der Waals surface area contributed by atoms with Crippen LogP contribution in [0.4, 0.5) is 13.2 Å². The summed E-state index contributed by atoms with van der Waals surface area (Å²) >= 11 is 0. The minimum Gasteiger partial charge on any atom is -0.396 e. The van der Waals surface area contributed by atoms with Gasteiger partial charge in [0.15, 0.2) is 0 Å². The second-order valence-corrected chi connectivity index (χ2v) is 6.27. The lowest BCUT2D eigenvalue weighted by atomic mass is 10.3. The summed E-state index contributed by atoms with van der Waals surface area (Å²) in [5, 5.41) is 8.58. The summed E-state index contributed by atoms with van der Waals surface area (Å²) < 4.78 is 61.0. The van der Waals surface area contributed by atoms with Crippen molar-refractivity contribution in [3.05, 3.63) is 0 Å². The van der Waals surface area contributed by atoms with Crippen molar-refractivity contribution in [2.45, 2.75) is 12.6 Å². The van der Waals surface area contributed by atoms with Gasteiger partial charge in [-0.05, 0) is 6.42 Å². The highest BCUT2D eigenvalue weighted by Crippen LogP contribution is 2.18. The molecule has 0 aliphatic carbocycles. The number of alkyl halides is 3. The van der Waals surface area contributed by atoms with Crippen LogP contribution in [0.3, 0.4) is 0 Å². The molecule has 0 bridgehead atoms. The summed E-state index contributed by atoms with van der Waals surface area (Å²) in [5.41, 5.74) is 0. The Balaban J connectivity index is 2.44. The highest BCUT2D eigenvalue weighted by atomic mass is 32.2. The average molecular weight is 290 g/mol. The predicted molar refractivity (Wildman–Crippen MR) is 59.6 cm³/mol. The molecule has 18 heavy (non-hydrogen) atoms. The molecule has 0 aromatic rings. The number of halogens is 3. The lowest BCUT2D eigenvalue weighted by molar-refractivity contribution is -0.148. The van der Waals surface area contributed by atoms with Crippen LogP contribution in [0.25, 0.3) is 0 Å². The molecule has 0 spiro atoms. The monoisotopic (exact) mass is 290 g/mol. The molecule has 1 rings (SSSR count). The lowest BCUT2D eigenvalue weighted by Crippen LogP contribution is -2.51. The number of rotatable bonds is 5. The van der Waals surface area contributed by atoms with E-state index in [0.717, 1.165) is 0 Å². The highest BCUT2D eigenvalue weighted by Gasteiger charge is 2.34. The molecule has 108 valence electrons. The zero-order valence-electron chi connectivity index (χ0n) is 9.86. The van der Waals surface area contributed by atoms with Crippen LogP contribution in [0.15, 0.2) is 0 Å². The van der Waals surface area contributed by atoms with E-state index in [2.05, 4.69) is 0 Å². The van der Waals surface area contributed by atoms with Gasteiger partial charge >= 0.3 is 6.18 Å². The molecule has 0 amide bonds. The van der Waals surface area contributed by atoms with Crippen molar-refractivity contribution < 1.29 is 26.7 Å². The molecule has 0 atom stereocenters. The van der Waals surface area contributed by atoms with Crippen molar-refractivity contribution in [3.63, 3.8) is 0 Å².